The molecule has 0 amide bonds. The average molecular weight is 328 g/mol. The van der Waals surface area contributed by atoms with E-state index in [4.69, 9.17) is 0 Å². The zero-order valence-corrected chi connectivity index (χ0v) is 13.6. The van der Waals surface area contributed by atoms with Gasteiger partial charge in [-0.25, -0.2) is 9.59 Å². The third-order valence-corrected chi connectivity index (χ3v) is 5.28. The molecule has 0 bridgehead atoms. The van der Waals surface area contributed by atoms with E-state index in [1.165, 1.54) is 0 Å². The van der Waals surface area contributed by atoms with Gasteiger partial charge < -0.3 is 0 Å². The first-order chi connectivity index (χ1) is 10.6. The molecule has 0 heterocycles. The number of benzene rings is 2. The molecule has 0 atom stereocenters. The maximum Gasteiger partial charge on any atom is 0.240 e. The maximum absolute atomic E-state index is 10.3. The fourth-order valence-corrected chi connectivity index (χ4v) is 3.89. The summed E-state index contributed by atoms with van der Waals surface area (Å²) < 4.78 is 0. The van der Waals surface area contributed by atoms with Crippen molar-refractivity contribution in [2.24, 2.45) is 9.98 Å². The number of aliphatic imine (C=N–C) groups is 2. The summed E-state index contributed by atoms with van der Waals surface area (Å²) in [6.45, 7) is 3.81. The van der Waals surface area contributed by atoms with Crippen molar-refractivity contribution >= 4 is 45.1 Å². The van der Waals surface area contributed by atoms with Gasteiger partial charge in [-0.3, -0.25) is 0 Å². The van der Waals surface area contributed by atoms with Crippen molar-refractivity contribution in [1.29, 1.82) is 0 Å². The van der Waals surface area contributed by atoms with Crippen LogP contribution < -0.4 is 0 Å². The average Bonchev–Trinajstić information content (AvgIpc) is 2.50. The minimum Gasteiger partial charge on any atom is -0.211 e. The molecule has 110 valence electrons. The lowest BCUT2D eigenvalue weighted by molar-refractivity contribution is 0.564. The topological polar surface area (TPSA) is 58.9 Å². The summed E-state index contributed by atoms with van der Waals surface area (Å²) in [6, 6.07) is 11.4. The normalized spacial score (nSPS) is 9.73. The van der Waals surface area contributed by atoms with Gasteiger partial charge in [0.2, 0.25) is 12.2 Å². The molecule has 0 N–H and O–H groups in total. The number of nitrogens with zero attached hydrogens (tertiary/aromatic N) is 2. The molecule has 0 radical (unpaired) electrons. The smallest absolute Gasteiger partial charge is 0.211 e. The largest absolute Gasteiger partial charge is 0.240 e. The monoisotopic (exact) mass is 328 g/mol. The highest BCUT2D eigenvalue weighted by Gasteiger charge is 2.03. The van der Waals surface area contributed by atoms with Crippen LogP contribution in [0.1, 0.15) is 11.1 Å². The Balaban J connectivity index is 2.10. The molecule has 2 aromatic rings. The molecule has 6 heteroatoms. The van der Waals surface area contributed by atoms with Crippen molar-refractivity contribution in [1.82, 2.24) is 0 Å². The zero-order valence-electron chi connectivity index (χ0n) is 12.0. The highest BCUT2D eigenvalue weighted by molar-refractivity contribution is 8.76. The Bertz CT molecular complexity index is 725. The first-order valence-electron chi connectivity index (χ1n) is 6.35. The van der Waals surface area contributed by atoms with E-state index in [-0.39, 0.29) is 0 Å². The highest BCUT2D eigenvalue weighted by atomic mass is 33.1. The first-order valence-corrected chi connectivity index (χ1v) is 8.50. The predicted octanol–water partition coefficient (Wildman–Crippen LogP) is 5.04. The second kappa shape index (κ2) is 7.78. The van der Waals surface area contributed by atoms with Crippen LogP contribution in [0, 0.1) is 13.8 Å². The molecule has 22 heavy (non-hydrogen) atoms. The van der Waals surface area contributed by atoms with Gasteiger partial charge in [0.1, 0.15) is 0 Å². The van der Waals surface area contributed by atoms with Crippen molar-refractivity contribution in [3.8, 4) is 0 Å². The van der Waals surface area contributed by atoms with Gasteiger partial charge in [0.25, 0.3) is 0 Å². The quantitative estimate of drug-likeness (QED) is 0.438. The SMILES string of the molecule is Cc1cc(SSc2ccc(N=C=O)c(C)c2)ccc1N=C=O. The molecule has 0 unspecified atom stereocenters. The highest BCUT2D eigenvalue weighted by Crippen LogP contribution is 2.39. The second-order valence-corrected chi connectivity index (χ2v) is 6.75. The molecule has 0 saturated heterocycles. The van der Waals surface area contributed by atoms with Gasteiger partial charge in [0, 0.05) is 9.79 Å². The fraction of sp³-hybridized carbons (Fsp3) is 0.125. The molecule has 0 aliphatic heterocycles. The molecule has 0 fully saturated rings. The third-order valence-electron chi connectivity index (χ3n) is 2.90. The van der Waals surface area contributed by atoms with Crippen LogP contribution in [0.15, 0.2) is 56.2 Å². The number of carbonyl (C=O) groups excluding carboxylic acids is 2. The van der Waals surface area contributed by atoms with Crippen molar-refractivity contribution < 1.29 is 9.59 Å². The Morgan fingerprint density at radius 1 is 0.773 bits per heavy atom. The van der Waals surface area contributed by atoms with Crippen LogP contribution in [-0.2, 0) is 9.59 Å². The van der Waals surface area contributed by atoms with Gasteiger partial charge in [0.15, 0.2) is 0 Å². The van der Waals surface area contributed by atoms with Crippen molar-refractivity contribution in [2.75, 3.05) is 0 Å². The fourth-order valence-electron chi connectivity index (χ4n) is 1.81. The number of hydrogen-bond donors (Lipinski definition) is 0. The summed E-state index contributed by atoms with van der Waals surface area (Å²) in [4.78, 5) is 30.0. The Kier molecular flexibility index (Phi) is 5.75. The Hall–Kier alpha value is -2.10. The van der Waals surface area contributed by atoms with Crippen LogP contribution in [0.2, 0.25) is 0 Å². The molecule has 0 aromatic heterocycles. The minimum absolute atomic E-state index is 0.635. The van der Waals surface area contributed by atoms with E-state index in [0.29, 0.717) is 11.4 Å². The first kappa shape index (κ1) is 16.3. The standard InChI is InChI=1S/C16H12N2O2S2/c1-11-7-13(3-5-15(11)17-9-19)21-22-14-4-6-16(18-10-20)12(2)8-14/h3-8H,1-2H3. The zero-order chi connectivity index (χ0) is 15.9. The molecule has 0 aliphatic rings. The minimum atomic E-state index is 0.635. The van der Waals surface area contributed by atoms with Gasteiger partial charge in [0.05, 0.1) is 11.4 Å². The van der Waals surface area contributed by atoms with E-state index in [9.17, 15) is 9.59 Å². The summed E-state index contributed by atoms with van der Waals surface area (Å²) in [5, 5.41) is 0. The van der Waals surface area contributed by atoms with Gasteiger partial charge in [-0.2, -0.15) is 9.98 Å². The van der Waals surface area contributed by atoms with Crippen molar-refractivity contribution in [3.05, 3.63) is 47.5 Å². The molecule has 4 nitrogen and oxygen atoms in total. The number of aryl methyl sites for hydroxylation is 2. The van der Waals surface area contributed by atoms with E-state index in [0.717, 1.165) is 20.9 Å². The lowest BCUT2D eigenvalue weighted by Crippen LogP contribution is -1.78. The lowest BCUT2D eigenvalue weighted by Gasteiger charge is -2.05. The molecule has 0 aliphatic carbocycles. The van der Waals surface area contributed by atoms with E-state index in [2.05, 4.69) is 9.98 Å². The van der Waals surface area contributed by atoms with E-state index >= 15 is 0 Å². The molecule has 0 saturated carbocycles. The number of hydrogen-bond acceptors (Lipinski definition) is 6. The number of isocyanates is 2. The van der Waals surface area contributed by atoms with Gasteiger partial charge in [-0.15, -0.1) is 0 Å². The Morgan fingerprint density at radius 2 is 1.18 bits per heavy atom. The summed E-state index contributed by atoms with van der Waals surface area (Å²) in [5.74, 6) is 0. The van der Waals surface area contributed by atoms with E-state index in [1.807, 2.05) is 38.1 Å². The molecular weight excluding hydrogens is 316 g/mol. The van der Waals surface area contributed by atoms with Gasteiger partial charge in [-0.05, 0) is 61.4 Å². The summed E-state index contributed by atoms with van der Waals surface area (Å²) in [6.07, 6.45) is 3.10. The second-order valence-electron chi connectivity index (χ2n) is 4.47. The van der Waals surface area contributed by atoms with Crippen LogP contribution in [0.5, 0.6) is 0 Å². The molecule has 2 aromatic carbocycles. The third kappa shape index (κ3) is 4.20. The summed E-state index contributed by atoms with van der Waals surface area (Å²) in [7, 11) is 3.22. The van der Waals surface area contributed by atoms with Gasteiger partial charge in [-0.1, -0.05) is 21.6 Å². The van der Waals surface area contributed by atoms with Gasteiger partial charge >= 0.3 is 0 Å². The molecular formula is C16H12N2O2S2. The summed E-state index contributed by atoms with van der Waals surface area (Å²) in [5.41, 5.74) is 3.13. The summed E-state index contributed by atoms with van der Waals surface area (Å²) >= 11 is 0. The van der Waals surface area contributed by atoms with Crippen LogP contribution in [0.4, 0.5) is 11.4 Å². The van der Waals surface area contributed by atoms with Crippen molar-refractivity contribution in [2.45, 2.75) is 23.6 Å². The number of rotatable bonds is 5. The molecule has 0 spiro atoms. The van der Waals surface area contributed by atoms with E-state index in [1.54, 1.807) is 45.9 Å². The lowest BCUT2D eigenvalue weighted by atomic mass is 10.2. The van der Waals surface area contributed by atoms with Crippen LogP contribution in [0.25, 0.3) is 0 Å². The van der Waals surface area contributed by atoms with Crippen LogP contribution in [-0.4, -0.2) is 12.2 Å². The Morgan fingerprint density at radius 3 is 1.50 bits per heavy atom. The maximum atomic E-state index is 10.3. The Labute approximate surface area is 136 Å². The predicted molar refractivity (Wildman–Crippen MR) is 89.6 cm³/mol. The van der Waals surface area contributed by atoms with Crippen LogP contribution >= 0.6 is 21.6 Å². The molecule has 2 rings (SSSR count). The van der Waals surface area contributed by atoms with Crippen LogP contribution in [0.3, 0.4) is 0 Å². The van der Waals surface area contributed by atoms with E-state index < -0.39 is 0 Å². The van der Waals surface area contributed by atoms with Crippen molar-refractivity contribution in [3.63, 3.8) is 0 Å².